The zero-order valence-electron chi connectivity index (χ0n) is 18.5. The van der Waals surface area contributed by atoms with E-state index in [-0.39, 0.29) is 12.3 Å². The summed E-state index contributed by atoms with van der Waals surface area (Å²) in [6.07, 6.45) is 10.6. The molecule has 0 atom stereocenters. The highest BCUT2D eigenvalue weighted by Gasteiger charge is 2.27. The SMILES string of the molecule is C#CC1CC1.Cc1ccc(O)c(I)c1.Cc1ccc2oc(C3CC3)cc2c1.O=C=O.O=C=O. The Morgan fingerprint density at radius 1 is 0.909 bits per heavy atom. The molecule has 1 aromatic heterocycles. The van der Waals surface area contributed by atoms with E-state index in [1.807, 2.05) is 19.1 Å². The molecule has 0 radical (unpaired) electrons. The number of aromatic hydroxyl groups is 1. The number of benzene rings is 2. The summed E-state index contributed by atoms with van der Waals surface area (Å²) in [7, 11) is 0. The van der Waals surface area contributed by atoms with E-state index in [1.54, 1.807) is 6.07 Å². The fourth-order valence-electron chi connectivity index (χ4n) is 2.61. The van der Waals surface area contributed by atoms with Crippen LogP contribution in [-0.2, 0) is 19.2 Å². The number of hydrogen-bond acceptors (Lipinski definition) is 6. The number of rotatable bonds is 1. The molecule has 0 spiro atoms. The van der Waals surface area contributed by atoms with Crippen molar-refractivity contribution in [1.29, 1.82) is 0 Å². The van der Waals surface area contributed by atoms with Crippen LogP contribution in [0.3, 0.4) is 0 Å². The van der Waals surface area contributed by atoms with Crippen LogP contribution in [0.2, 0.25) is 0 Å². The largest absolute Gasteiger partial charge is 0.507 e. The second-order valence-electron chi connectivity index (χ2n) is 7.53. The zero-order valence-corrected chi connectivity index (χ0v) is 20.6. The summed E-state index contributed by atoms with van der Waals surface area (Å²) >= 11 is 2.10. The number of terminal acetylenes is 1. The molecule has 1 heterocycles. The van der Waals surface area contributed by atoms with Gasteiger partial charge in [0.05, 0.1) is 3.57 Å². The Labute approximate surface area is 206 Å². The molecule has 2 aliphatic carbocycles. The standard InChI is InChI=1S/C12H12O.C7H7IO.C5H6.2CO2/c1-8-2-5-11-10(6-8)7-12(13-11)9-3-4-9;1-5-2-3-7(9)6(8)4-5;1-2-5-3-4-5;2*2-1-3/h2,5-7,9H,3-4H2,1H3;2-4,9H,1H3;1,5H,3-4H2;;. The molecule has 7 heteroatoms. The monoisotopic (exact) mass is 560 g/mol. The highest BCUT2D eigenvalue weighted by molar-refractivity contribution is 14.1. The first-order valence-electron chi connectivity index (χ1n) is 10.2. The topological polar surface area (TPSA) is 102 Å². The van der Waals surface area contributed by atoms with Crippen LogP contribution in [0.4, 0.5) is 0 Å². The fraction of sp³-hybridized carbons (Fsp3) is 0.308. The van der Waals surface area contributed by atoms with Gasteiger partial charge < -0.3 is 9.52 Å². The fourth-order valence-corrected chi connectivity index (χ4v) is 3.29. The first-order chi connectivity index (χ1) is 15.8. The molecular weight excluding hydrogens is 535 g/mol. The Morgan fingerprint density at radius 3 is 1.88 bits per heavy atom. The summed E-state index contributed by atoms with van der Waals surface area (Å²) < 4.78 is 6.66. The number of aryl methyl sites for hydroxylation is 2. The van der Waals surface area contributed by atoms with Gasteiger partial charge in [0.25, 0.3) is 0 Å². The van der Waals surface area contributed by atoms with Gasteiger partial charge in [-0.15, -0.1) is 12.3 Å². The van der Waals surface area contributed by atoms with Crippen molar-refractivity contribution in [2.24, 2.45) is 5.92 Å². The summed E-state index contributed by atoms with van der Waals surface area (Å²) in [6.45, 7) is 4.12. The maximum Gasteiger partial charge on any atom is 0.373 e. The molecule has 2 saturated carbocycles. The van der Waals surface area contributed by atoms with Crippen molar-refractivity contribution in [2.45, 2.75) is 45.4 Å². The highest BCUT2D eigenvalue weighted by Crippen LogP contribution is 2.42. The molecule has 6 nitrogen and oxygen atoms in total. The second kappa shape index (κ2) is 14.8. The van der Waals surface area contributed by atoms with Gasteiger partial charge in [-0.05, 0) is 98.0 Å². The number of phenolic OH excluding ortho intramolecular Hbond substituents is 1. The Hall–Kier alpha value is -3.17. The molecule has 2 fully saturated rings. The van der Waals surface area contributed by atoms with Crippen molar-refractivity contribution in [2.75, 3.05) is 0 Å². The molecular formula is C26H25IO6. The van der Waals surface area contributed by atoms with Crippen LogP contribution in [0.5, 0.6) is 5.75 Å². The predicted octanol–water partition coefficient (Wildman–Crippen LogP) is 5.79. The molecule has 0 bridgehead atoms. The molecule has 33 heavy (non-hydrogen) atoms. The number of phenols is 1. The van der Waals surface area contributed by atoms with Crippen molar-refractivity contribution < 1.29 is 28.7 Å². The van der Waals surface area contributed by atoms with E-state index in [9.17, 15) is 0 Å². The van der Waals surface area contributed by atoms with Crippen LogP contribution in [0, 0.1) is 35.7 Å². The third kappa shape index (κ3) is 11.3. The Morgan fingerprint density at radius 2 is 1.45 bits per heavy atom. The van der Waals surface area contributed by atoms with Crippen molar-refractivity contribution in [1.82, 2.24) is 0 Å². The molecule has 1 N–H and O–H groups in total. The van der Waals surface area contributed by atoms with Gasteiger partial charge in [0, 0.05) is 17.2 Å². The van der Waals surface area contributed by atoms with Gasteiger partial charge in [-0.2, -0.15) is 19.2 Å². The molecule has 3 aromatic rings. The highest BCUT2D eigenvalue weighted by atomic mass is 127. The van der Waals surface area contributed by atoms with Crippen LogP contribution < -0.4 is 0 Å². The van der Waals surface area contributed by atoms with Crippen molar-refractivity contribution >= 4 is 45.9 Å². The van der Waals surface area contributed by atoms with E-state index < -0.39 is 0 Å². The minimum absolute atomic E-state index is 0.250. The van der Waals surface area contributed by atoms with Gasteiger partial charge in [0.1, 0.15) is 17.1 Å². The van der Waals surface area contributed by atoms with Gasteiger partial charge in [0.15, 0.2) is 0 Å². The maximum atomic E-state index is 9.04. The van der Waals surface area contributed by atoms with Gasteiger partial charge in [-0.25, -0.2) is 0 Å². The number of furan rings is 1. The van der Waals surface area contributed by atoms with Crippen molar-refractivity contribution in [3.8, 4) is 18.1 Å². The molecule has 2 aliphatic rings. The minimum atomic E-state index is 0.250. The van der Waals surface area contributed by atoms with Gasteiger partial charge in [-0.1, -0.05) is 17.7 Å². The molecule has 0 unspecified atom stereocenters. The Kier molecular flexibility index (Phi) is 12.5. The average molecular weight is 560 g/mol. The molecule has 2 aromatic carbocycles. The third-order valence-corrected chi connectivity index (χ3v) is 5.45. The zero-order chi connectivity index (χ0) is 24.8. The Balaban J connectivity index is 0.000000237. The average Bonchev–Trinajstić information content (AvgIpc) is 3.70. The summed E-state index contributed by atoms with van der Waals surface area (Å²) in [4.78, 5) is 32.5. The van der Waals surface area contributed by atoms with E-state index in [1.165, 1.54) is 48.0 Å². The van der Waals surface area contributed by atoms with Crippen LogP contribution in [0.1, 0.15) is 48.5 Å². The van der Waals surface area contributed by atoms with Crippen LogP contribution >= 0.6 is 22.6 Å². The molecule has 0 aliphatic heterocycles. The van der Waals surface area contributed by atoms with Gasteiger partial charge in [0.2, 0.25) is 0 Å². The predicted molar refractivity (Wildman–Crippen MR) is 130 cm³/mol. The summed E-state index contributed by atoms with van der Waals surface area (Å²) in [5, 5.41) is 10.3. The first-order valence-corrected chi connectivity index (χ1v) is 11.3. The smallest absolute Gasteiger partial charge is 0.373 e. The van der Waals surface area contributed by atoms with E-state index in [4.69, 9.17) is 35.1 Å². The maximum absolute atomic E-state index is 9.04. The summed E-state index contributed by atoms with van der Waals surface area (Å²) in [5.41, 5.74) is 3.51. The first kappa shape index (κ1) is 27.9. The number of carbonyl (C=O) groups excluding carboxylic acids is 4. The van der Waals surface area contributed by atoms with Crippen molar-refractivity contribution in [3.63, 3.8) is 0 Å². The lowest BCUT2D eigenvalue weighted by atomic mass is 10.2. The Bertz CT molecular complexity index is 1130. The lowest BCUT2D eigenvalue weighted by Crippen LogP contribution is -1.74. The third-order valence-electron chi connectivity index (χ3n) is 4.59. The van der Waals surface area contributed by atoms with Gasteiger partial charge in [-0.3, -0.25) is 0 Å². The number of halogens is 1. The van der Waals surface area contributed by atoms with E-state index in [0.717, 1.165) is 9.15 Å². The quantitative estimate of drug-likeness (QED) is 0.299. The molecule has 5 rings (SSSR count). The second-order valence-corrected chi connectivity index (χ2v) is 8.69. The van der Waals surface area contributed by atoms with Crippen LogP contribution in [-0.4, -0.2) is 17.4 Å². The van der Waals surface area contributed by atoms with Crippen LogP contribution in [0.15, 0.2) is 46.9 Å². The van der Waals surface area contributed by atoms with Gasteiger partial charge >= 0.3 is 12.3 Å². The molecule has 172 valence electrons. The minimum Gasteiger partial charge on any atom is -0.507 e. The van der Waals surface area contributed by atoms with Crippen molar-refractivity contribution in [3.05, 3.63) is 62.9 Å². The lowest BCUT2D eigenvalue weighted by Gasteiger charge is -1.95. The molecule has 0 amide bonds. The van der Waals surface area contributed by atoms with E-state index in [0.29, 0.717) is 17.6 Å². The normalized spacial score (nSPS) is 12.9. The summed E-state index contributed by atoms with van der Waals surface area (Å²) in [6, 6.07) is 14.1. The van der Waals surface area contributed by atoms with Crippen LogP contribution in [0.25, 0.3) is 11.0 Å². The number of fused-ring (bicyclic) bond motifs is 1. The lowest BCUT2D eigenvalue weighted by molar-refractivity contribution is -0.193. The number of hydrogen-bond donors (Lipinski definition) is 1. The van der Waals surface area contributed by atoms with E-state index in [2.05, 4.69) is 59.7 Å². The molecule has 0 saturated heterocycles. The summed E-state index contributed by atoms with van der Waals surface area (Å²) in [5.74, 6) is 5.56. The van der Waals surface area contributed by atoms with E-state index >= 15 is 0 Å².